The maximum absolute atomic E-state index is 14.3. The molecule has 330 valence electrons. The van der Waals surface area contributed by atoms with Crippen molar-refractivity contribution in [2.45, 2.75) is 191 Å². The first-order valence-electron chi connectivity index (χ1n) is 20.5. The first-order valence-corrected chi connectivity index (χ1v) is 20.5. The molecule has 56 heavy (non-hydrogen) atoms. The van der Waals surface area contributed by atoms with Gasteiger partial charge in [-0.3, -0.25) is 9.69 Å². The molecule has 0 aromatic heterocycles. The predicted octanol–water partition coefficient (Wildman–Crippen LogP) is 0.591. The molecule has 0 aliphatic carbocycles. The number of methoxy groups -OCH3 is 1. The van der Waals surface area contributed by atoms with Gasteiger partial charge in [0.1, 0.15) is 30.0 Å². The fourth-order valence-corrected chi connectivity index (χ4v) is 9.20. The van der Waals surface area contributed by atoms with Crippen LogP contribution in [0.3, 0.4) is 0 Å². The minimum absolute atomic E-state index is 0.0528. The zero-order valence-electron chi connectivity index (χ0n) is 36.2. The standard InChI is InChI=1S/C40H77N3O13/c1-14-29-40(10,50)33(46)25(6)42(11)19-21(2)16-38(8,49)35(56-37-31(45)28(15-22(3)52-37)43(12)20-27(44)18-41)23(4)32(24(5)36(48)54-29)55-30-17-39(9,51-13)34(47)26(7)53-30/h21-35,37,44-47,49-50H,14-20,41H2,1-13H3/t21-,22-,23+,24-,25-,26+,27?,28?,29-,30+,31-,32+,33-,34+,35-,37+,38-,39-,40-/m1/s1. The van der Waals surface area contributed by atoms with Gasteiger partial charge in [0.2, 0.25) is 0 Å². The summed E-state index contributed by atoms with van der Waals surface area (Å²) in [7, 11) is 5.11. The third-order valence-electron chi connectivity index (χ3n) is 12.9. The quantitative estimate of drug-likeness (QED) is 0.150. The van der Waals surface area contributed by atoms with Crippen LogP contribution in [0.2, 0.25) is 0 Å². The Bertz CT molecular complexity index is 1230. The molecular weight excluding hydrogens is 730 g/mol. The molecule has 3 aliphatic heterocycles. The minimum atomic E-state index is -1.83. The van der Waals surface area contributed by atoms with Crippen molar-refractivity contribution in [3.8, 4) is 0 Å². The Kier molecular flexibility index (Phi) is 17.6. The Balaban J connectivity index is 2.17. The van der Waals surface area contributed by atoms with E-state index in [1.807, 2.05) is 30.7 Å². The fraction of sp³-hybridized carbons (Fsp3) is 0.975. The lowest BCUT2D eigenvalue weighted by Gasteiger charge is -2.49. The molecule has 3 aliphatic rings. The van der Waals surface area contributed by atoms with Gasteiger partial charge in [-0.05, 0) is 87.7 Å². The number of carbonyl (C=O) groups excluding carboxylic acids is 1. The molecule has 0 aromatic carbocycles. The van der Waals surface area contributed by atoms with E-state index in [0.717, 1.165) is 0 Å². The van der Waals surface area contributed by atoms with Crippen LogP contribution in [-0.4, -0.2) is 184 Å². The van der Waals surface area contributed by atoms with Crippen LogP contribution in [0.5, 0.6) is 0 Å². The number of aliphatic hydroxyl groups excluding tert-OH is 4. The number of hydrogen-bond acceptors (Lipinski definition) is 16. The zero-order valence-corrected chi connectivity index (χ0v) is 36.2. The molecule has 3 fully saturated rings. The van der Waals surface area contributed by atoms with Crippen LogP contribution in [0.15, 0.2) is 0 Å². The molecule has 0 bridgehead atoms. The normalized spacial score (nSPS) is 47.5. The minimum Gasteiger partial charge on any atom is -0.459 e. The summed E-state index contributed by atoms with van der Waals surface area (Å²) in [4.78, 5) is 18.0. The van der Waals surface area contributed by atoms with Crippen LogP contribution in [-0.2, 0) is 33.2 Å². The second kappa shape index (κ2) is 20.0. The van der Waals surface area contributed by atoms with Crippen molar-refractivity contribution in [3.63, 3.8) is 0 Å². The molecule has 0 radical (unpaired) electrons. The molecule has 8 N–H and O–H groups in total. The number of nitrogens with zero attached hydrogens (tertiary/aromatic N) is 2. The molecule has 0 amide bonds. The Labute approximate surface area is 334 Å². The third kappa shape index (κ3) is 11.4. The van der Waals surface area contributed by atoms with Gasteiger partial charge < -0.3 is 69.7 Å². The van der Waals surface area contributed by atoms with Crippen LogP contribution >= 0.6 is 0 Å². The topological polar surface area (TPSA) is 226 Å². The van der Waals surface area contributed by atoms with Gasteiger partial charge in [0.25, 0.3) is 0 Å². The number of ether oxygens (including phenoxy) is 6. The molecule has 3 saturated heterocycles. The Hall–Kier alpha value is -1.09. The average Bonchev–Trinajstić information content (AvgIpc) is 3.12. The average molecular weight is 808 g/mol. The maximum Gasteiger partial charge on any atom is 0.311 e. The smallest absolute Gasteiger partial charge is 0.311 e. The predicted molar refractivity (Wildman–Crippen MR) is 208 cm³/mol. The third-order valence-corrected chi connectivity index (χ3v) is 12.9. The van der Waals surface area contributed by atoms with Gasteiger partial charge in [-0.2, -0.15) is 0 Å². The summed E-state index contributed by atoms with van der Waals surface area (Å²) in [5, 5.41) is 69.0. The second-order valence-corrected chi connectivity index (χ2v) is 18.0. The number of esters is 1. The van der Waals surface area contributed by atoms with Gasteiger partial charge in [0.15, 0.2) is 12.6 Å². The molecule has 3 heterocycles. The lowest BCUT2D eigenvalue weighted by molar-refractivity contribution is -0.318. The van der Waals surface area contributed by atoms with Crippen LogP contribution in [0, 0.1) is 17.8 Å². The SMILES string of the molecule is CC[C@H]1OC(=O)[C@H](C)[C@@H](O[C@H]2C[C@@](C)(OC)[C@@H](O)[C@H](C)O2)[C@H](C)[C@@H](O[C@@H]2O[C@H](C)CC(N(C)CC(O)CN)[C@H]2O)[C@](C)(O)C[C@@H](C)CN(C)[C@H](C)[C@@H](O)[C@]1(C)O. The molecule has 3 rings (SSSR count). The highest BCUT2D eigenvalue weighted by Crippen LogP contribution is 2.40. The van der Waals surface area contributed by atoms with E-state index in [0.29, 0.717) is 13.0 Å². The van der Waals surface area contributed by atoms with Gasteiger partial charge >= 0.3 is 5.97 Å². The highest BCUT2D eigenvalue weighted by Gasteiger charge is 2.53. The van der Waals surface area contributed by atoms with Crippen molar-refractivity contribution in [1.29, 1.82) is 0 Å². The summed E-state index contributed by atoms with van der Waals surface area (Å²) in [6.45, 7) is 18.0. The summed E-state index contributed by atoms with van der Waals surface area (Å²) in [5.41, 5.74) is 1.19. The maximum atomic E-state index is 14.3. The van der Waals surface area contributed by atoms with E-state index in [4.69, 9.17) is 34.2 Å². The molecule has 2 unspecified atom stereocenters. The van der Waals surface area contributed by atoms with Gasteiger partial charge in [-0.15, -0.1) is 0 Å². The lowest BCUT2D eigenvalue weighted by atomic mass is 9.77. The fourth-order valence-electron chi connectivity index (χ4n) is 9.20. The van der Waals surface area contributed by atoms with Crippen molar-refractivity contribution < 1.29 is 63.9 Å². The van der Waals surface area contributed by atoms with E-state index in [1.54, 1.807) is 55.5 Å². The largest absolute Gasteiger partial charge is 0.459 e. The summed E-state index contributed by atoms with van der Waals surface area (Å²) in [6, 6.07) is -1.05. The number of likely N-dealkylation sites (N-methyl/N-ethyl adjacent to an activating group) is 2. The number of hydrogen-bond donors (Lipinski definition) is 7. The molecule has 16 heteroatoms. The van der Waals surface area contributed by atoms with Crippen LogP contribution in [0.25, 0.3) is 0 Å². The molecule has 0 saturated carbocycles. The van der Waals surface area contributed by atoms with Crippen molar-refractivity contribution >= 4 is 5.97 Å². The molecule has 0 aromatic rings. The van der Waals surface area contributed by atoms with E-state index in [-0.39, 0.29) is 44.4 Å². The van der Waals surface area contributed by atoms with Crippen LogP contribution in [0.4, 0.5) is 0 Å². The first-order chi connectivity index (χ1) is 25.8. The summed E-state index contributed by atoms with van der Waals surface area (Å²) < 4.78 is 37.7. The van der Waals surface area contributed by atoms with Gasteiger partial charge in [-0.25, -0.2) is 0 Å². The number of cyclic esters (lactones) is 1. The van der Waals surface area contributed by atoms with E-state index in [9.17, 15) is 35.4 Å². The number of nitrogens with two attached hydrogens (primary N) is 1. The number of carbonyl (C=O) groups is 1. The summed E-state index contributed by atoms with van der Waals surface area (Å²) in [6.07, 6.45) is -9.91. The van der Waals surface area contributed by atoms with Crippen molar-refractivity contribution in [1.82, 2.24) is 9.80 Å². The van der Waals surface area contributed by atoms with Crippen LogP contribution in [0.1, 0.15) is 94.9 Å². The Morgan fingerprint density at radius 3 is 2.20 bits per heavy atom. The van der Waals surface area contributed by atoms with Gasteiger partial charge in [0.05, 0.1) is 47.6 Å². The monoisotopic (exact) mass is 808 g/mol. The second-order valence-electron chi connectivity index (χ2n) is 18.0. The lowest BCUT2D eigenvalue weighted by Crippen LogP contribution is -2.61. The highest BCUT2D eigenvalue weighted by molar-refractivity contribution is 5.73. The summed E-state index contributed by atoms with van der Waals surface area (Å²) >= 11 is 0. The molecular formula is C40H77N3O13. The van der Waals surface area contributed by atoms with E-state index in [2.05, 4.69) is 0 Å². The first kappa shape index (κ1) is 49.3. The summed E-state index contributed by atoms with van der Waals surface area (Å²) in [5.74, 6) is -2.77. The van der Waals surface area contributed by atoms with E-state index >= 15 is 0 Å². The van der Waals surface area contributed by atoms with Crippen LogP contribution < -0.4 is 5.73 Å². The van der Waals surface area contributed by atoms with Gasteiger partial charge in [-0.1, -0.05) is 20.8 Å². The van der Waals surface area contributed by atoms with Crippen molar-refractivity contribution in [3.05, 3.63) is 0 Å². The Morgan fingerprint density at radius 2 is 1.62 bits per heavy atom. The molecule has 16 nitrogen and oxygen atoms in total. The molecule has 19 atom stereocenters. The highest BCUT2D eigenvalue weighted by atomic mass is 16.7. The number of aliphatic hydroxyl groups is 6. The van der Waals surface area contributed by atoms with Crippen molar-refractivity contribution in [2.75, 3.05) is 40.8 Å². The van der Waals surface area contributed by atoms with Crippen molar-refractivity contribution in [2.24, 2.45) is 23.5 Å². The Morgan fingerprint density at radius 1 is 1.00 bits per heavy atom. The zero-order chi connectivity index (χ0) is 42.7. The van der Waals surface area contributed by atoms with Gasteiger partial charge in [0, 0.05) is 51.2 Å². The van der Waals surface area contributed by atoms with E-state index < -0.39 is 108 Å². The van der Waals surface area contributed by atoms with E-state index in [1.165, 1.54) is 14.0 Å². The number of rotatable bonds is 10. The molecule has 0 spiro atoms.